The first-order chi connectivity index (χ1) is 18.4. The number of benzene rings is 1. The molecule has 5 rings (SSSR count). The van der Waals surface area contributed by atoms with Gasteiger partial charge in [-0.1, -0.05) is 19.1 Å². The van der Waals surface area contributed by atoms with E-state index in [4.69, 9.17) is 20.7 Å². The van der Waals surface area contributed by atoms with E-state index in [1.165, 1.54) is 12.4 Å². The summed E-state index contributed by atoms with van der Waals surface area (Å²) in [7, 11) is 1.83. The van der Waals surface area contributed by atoms with Crippen LogP contribution in [-0.2, 0) is 0 Å². The second-order valence-corrected chi connectivity index (χ2v) is 8.91. The van der Waals surface area contributed by atoms with Crippen molar-refractivity contribution in [1.29, 1.82) is 0 Å². The number of ether oxygens (including phenoxy) is 1. The molecule has 3 aromatic heterocycles. The summed E-state index contributed by atoms with van der Waals surface area (Å²) in [5, 5.41) is 16.2. The van der Waals surface area contributed by atoms with Gasteiger partial charge < -0.3 is 20.9 Å². The minimum absolute atomic E-state index is 0.00395. The van der Waals surface area contributed by atoms with Crippen LogP contribution in [-0.4, -0.2) is 57.3 Å². The monoisotopic (exact) mass is 524 g/mol. The van der Waals surface area contributed by atoms with E-state index in [0.717, 1.165) is 34.3 Å². The van der Waals surface area contributed by atoms with Gasteiger partial charge in [-0.3, -0.25) is 4.79 Å². The lowest BCUT2D eigenvalue weighted by molar-refractivity contribution is -0.0506. The van der Waals surface area contributed by atoms with Crippen molar-refractivity contribution in [2.45, 2.75) is 44.4 Å². The fourth-order valence-corrected chi connectivity index (χ4v) is 4.67. The SMILES string of the molecule is CCC(N)CO.CNC1CC(c2c(C=O)cccc2OC(F)F)c2c1nn1ccc(-c3cncnc3)cc21. The summed E-state index contributed by atoms with van der Waals surface area (Å²) in [4.78, 5) is 20.0. The summed E-state index contributed by atoms with van der Waals surface area (Å²) in [6, 6.07) is 8.42. The Bertz CT molecular complexity index is 1380. The molecule has 200 valence electrons. The minimum atomic E-state index is -3.00. The van der Waals surface area contributed by atoms with Gasteiger partial charge in [0.25, 0.3) is 0 Å². The van der Waals surface area contributed by atoms with Gasteiger partial charge in [-0.15, -0.1) is 0 Å². The molecule has 1 aliphatic carbocycles. The van der Waals surface area contributed by atoms with Gasteiger partial charge >= 0.3 is 6.61 Å². The first-order valence-corrected chi connectivity index (χ1v) is 12.3. The topological polar surface area (TPSA) is 128 Å². The van der Waals surface area contributed by atoms with E-state index < -0.39 is 6.61 Å². The van der Waals surface area contributed by atoms with Crippen molar-refractivity contribution in [3.8, 4) is 16.9 Å². The quantitative estimate of drug-likeness (QED) is 0.298. The Hall–Kier alpha value is -3.80. The highest BCUT2D eigenvalue weighted by molar-refractivity contribution is 5.81. The number of nitrogens with two attached hydrogens (primary N) is 1. The molecule has 3 atom stereocenters. The number of carbonyl (C=O) groups excluding carboxylic acids is 1. The molecular formula is C27H30F2N6O3. The number of fused-ring (bicyclic) bond motifs is 3. The predicted octanol–water partition coefficient (Wildman–Crippen LogP) is 3.72. The molecule has 9 nitrogen and oxygen atoms in total. The predicted molar refractivity (Wildman–Crippen MR) is 138 cm³/mol. The number of alkyl halides is 2. The normalized spacial score (nSPS) is 17.1. The maximum Gasteiger partial charge on any atom is 0.387 e. The van der Waals surface area contributed by atoms with Crippen LogP contribution in [0.5, 0.6) is 5.75 Å². The van der Waals surface area contributed by atoms with Crippen LogP contribution in [0.15, 0.2) is 55.2 Å². The molecule has 1 aromatic carbocycles. The Morgan fingerprint density at radius 1 is 1.24 bits per heavy atom. The number of rotatable bonds is 8. The van der Waals surface area contributed by atoms with Crippen molar-refractivity contribution in [2.24, 2.45) is 5.73 Å². The van der Waals surface area contributed by atoms with E-state index in [9.17, 15) is 13.6 Å². The molecule has 38 heavy (non-hydrogen) atoms. The van der Waals surface area contributed by atoms with Gasteiger partial charge in [-0.25, -0.2) is 14.5 Å². The maximum atomic E-state index is 13.1. The number of aliphatic hydroxyl groups excluding tert-OH is 1. The number of halogens is 2. The van der Waals surface area contributed by atoms with Crippen LogP contribution in [0.2, 0.25) is 0 Å². The highest BCUT2D eigenvalue weighted by Crippen LogP contribution is 2.49. The molecule has 0 bridgehead atoms. The Morgan fingerprint density at radius 2 is 2.00 bits per heavy atom. The van der Waals surface area contributed by atoms with Crippen molar-refractivity contribution < 1.29 is 23.4 Å². The molecule has 0 saturated heterocycles. The van der Waals surface area contributed by atoms with Crippen LogP contribution in [0.4, 0.5) is 8.78 Å². The summed E-state index contributed by atoms with van der Waals surface area (Å²) in [6.45, 7) is -0.942. The molecule has 3 heterocycles. The molecule has 0 spiro atoms. The molecule has 0 amide bonds. The van der Waals surface area contributed by atoms with Gasteiger partial charge in [-0.2, -0.15) is 13.9 Å². The third-order valence-corrected chi connectivity index (χ3v) is 6.64. The first-order valence-electron chi connectivity index (χ1n) is 12.3. The fraction of sp³-hybridized carbons (Fsp3) is 0.333. The maximum absolute atomic E-state index is 13.1. The Labute approximate surface area is 218 Å². The van der Waals surface area contributed by atoms with Crippen LogP contribution < -0.4 is 15.8 Å². The number of aromatic nitrogens is 4. The molecule has 4 N–H and O–H groups in total. The average Bonchev–Trinajstić information content (AvgIpc) is 3.49. The first kappa shape index (κ1) is 27.2. The van der Waals surface area contributed by atoms with Crippen LogP contribution in [0.1, 0.15) is 58.9 Å². The highest BCUT2D eigenvalue weighted by atomic mass is 19.3. The Kier molecular flexibility index (Phi) is 8.72. The number of hydrogen-bond donors (Lipinski definition) is 3. The van der Waals surface area contributed by atoms with Crippen molar-refractivity contribution in [3.05, 3.63) is 77.6 Å². The molecule has 0 fully saturated rings. The van der Waals surface area contributed by atoms with Crippen LogP contribution in [0.3, 0.4) is 0 Å². The van der Waals surface area contributed by atoms with Gasteiger partial charge in [0.15, 0.2) is 0 Å². The van der Waals surface area contributed by atoms with E-state index in [-0.39, 0.29) is 30.4 Å². The van der Waals surface area contributed by atoms with Crippen molar-refractivity contribution >= 4 is 11.8 Å². The van der Waals surface area contributed by atoms with E-state index >= 15 is 0 Å². The molecule has 1 aliphatic rings. The lowest BCUT2D eigenvalue weighted by Gasteiger charge is -2.19. The number of pyridine rings is 1. The molecule has 3 unspecified atom stereocenters. The summed E-state index contributed by atoms with van der Waals surface area (Å²) in [5.74, 6) is -0.346. The molecular weight excluding hydrogens is 494 g/mol. The molecule has 4 aromatic rings. The summed E-state index contributed by atoms with van der Waals surface area (Å²) in [5.41, 5.74) is 10.3. The number of carbonyl (C=O) groups is 1. The number of aliphatic hydroxyl groups is 1. The van der Waals surface area contributed by atoms with Crippen LogP contribution in [0.25, 0.3) is 16.6 Å². The van der Waals surface area contributed by atoms with E-state index in [0.29, 0.717) is 23.8 Å². The largest absolute Gasteiger partial charge is 0.434 e. The zero-order valence-electron chi connectivity index (χ0n) is 21.1. The lowest BCUT2D eigenvalue weighted by Crippen LogP contribution is -2.22. The standard InChI is InChI=1S/C23H19F2N5O2.C4H11NO/c1-26-17-8-16(20-14(11-31)3-2-4-19(20)32-23(24)25)21-18-7-13(15-9-27-12-28-10-15)5-6-30(18)29-22(17)21;1-2-4(5)3-6/h2-7,9-12,16-17,23,26H,8H2,1H3;4,6H,2-3,5H2,1H3. The van der Waals surface area contributed by atoms with Crippen molar-refractivity contribution in [3.63, 3.8) is 0 Å². The number of nitrogens with zero attached hydrogens (tertiary/aromatic N) is 4. The number of nitrogens with one attached hydrogen (secondary N) is 1. The van der Waals surface area contributed by atoms with Gasteiger partial charge in [-0.05, 0) is 43.7 Å². The summed E-state index contributed by atoms with van der Waals surface area (Å²) >= 11 is 0. The van der Waals surface area contributed by atoms with Crippen LogP contribution >= 0.6 is 0 Å². The molecule has 0 saturated carbocycles. The zero-order valence-corrected chi connectivity index (χ0v) is 21.1. The average molecular weight is 525 g/mol. The second kappa shape index (κ2) is 12.2. The van der Waals surface area contributed by atoms with Crippen molar-refractivity contribution in [2.75, 3.05) is 13.7 Å². The molecule has 0 radical (unpaired) electrons. The number of aldehydes is 1. The number of hydrogen-bond acceptors (Lipinski definition) is 8. The zero-order chi connectivity index (χ0) is 27.2. The fourth-order valence-electron chi connectivity index (χ4n) is 4.67. The van der Waals surface area contributed by atoms with Gasteiger partial charge in [0.1, 0.15) is 18.4 Å². The van der Waals surface area contributed by atoms with E-state index in [1.54, 1.807) is 29.0 Å². The highest BCUT2D eigenvalue weighted by Gasteiger charge is 2.38. The third-order valence-electron chi connectivity index (χ3n) is 6.64. The Balaban J connectivity index is 0.000000505. The third kappa shape index (κ3) is 5.54. The Morgan fingerprint density at radius 3 is 2.61 bits per heavy atom. The van der Waals surface area contributed by atoms with Gasteiger partial charge in [0.2, 0.25) is 0 Å². The molecule has 11 heteroatoms. The van der Waals surface area contributed by atoms with Gasteiger partial charge in [0, 0.05) is 52.8 Å². The van der Waals surface area contributed by atoms with Gasteiger partial charge in [0.05, 0.1) is 23.9 Å². The van der Waals surface area contributed by atoms with E-state index in [2.05, 4.69) is 15.3 Å². The second-order valence-electron chi connectivity index (χ2n) is 8.91. The van der Waals surface area contributed by atoms with E-state index in [1.807, 2.05) is 32.3 Å². The summed E-state index contributed by atoms with van der Waals surface area (Å²) < 4.78 is 32.9. The van der Waals surface area contributed by atoms with Crippen molar-refractivity contribution in [1.82, 2.24) is 24.9 Å². The van der Waals surface area contributed by atoms with Crippen LogP contribution in [0, 0.1) is 0 Å². The lowest BCUT2D eigenvalue weighted by atomic mass is 9.88. The summed E-state index contributed by atoms with van der Waals surface area (Å²) in [6.07, 6.45) is 8.86. The smallest absolute Gasteiger partial charge is 0.387 e. The minimum Gasteiger partial charge on any atom is -0.434 e. The molecule has 0 aliphatic heterocycles.